The number of amides is 1. The molecule has 2 rings (SSSR count). The average molecular weight is 306 g/mol. The molecule has 8 heteroatoms. The number of nitrogens with one attached hydrogen (secondary N) is 2. The van der Waals surface area contributed by atoms with Gasteiger partial charge in [0.05, 0.1) is 24.7 Å². The molecule has 1 fully saturated rings. The highest BCUT2D eigenvalue weighted by atomic mass is 19.4. The summed E-state index contributed by atoms with van der Waals surface area (Å²) >= 11 is 0. The van der Waals surface area contributed by atoms with Crippen LogP contribution in [-0.2, 0) is 15.7 Å². The van der Waals surface area contributed by atoms with Crippen LogP contribution in [0.5, 0.6) is 0 Å². The van der Waals surface area contributed by atoms with E-state index in [0.717, 1.165) is 6.07 Å². The summed E-state index contributed by atoms with van der Waals surface area (Å²) in [5, 5.41) is 5.35. The third-order valence-electron chi connectivity index (χ3n) is 2.97. The first-order valence-corrected chi connectivity index (χ1v) is 6.35. The first-order chi connectivity index (χ1) is 9.86. The second-order valence-electron chi connectivity index (χ2n) is 4.64. The van der Waals surface area contributed by atoms with Gasteiger partial charge in [-0.25, -0.2) is 4.39 Å². The van der Waals surface area contributed by atoms with E-state index in [1.54, 1.807) is 0 Å². The van der Waals surface area contributed by atoms with Crippen molar-refractivity contribution in [2.24, 2.45) is 0 Å². The van der Waals surface area contributed by atoms with Crippen molar-refractivity contribution in [1.29, 1.82) is 0 Å². The number of rotatable bonds is 3. The molecule has 2 N–H and O–H groups in total. The van der Waals surface area contributed by atoms with Gasteiger partial charge in [-0.2, -0.15) is 13.2 Å². The van der Waals surface area contributed by atoms with Crippen molar-refractivity contribution in [3.05, 3.63) is 29.6 Å². The normalized spacial score (nSPS) is 19.3. The molecule has 0 spiro atoms. The summed E-state index contributed by atoms with van der Waals surface area (Å²) in [5.74, 6) is -1.86. The number of carbonyl (C=O) groups excluding carboxylic acids is 1. The van der Waals surface area contributed by atoms with Crippen LogP contribution in [0, 0.1) is 5.82 Å². The lowest BCUT2D eigenvalue weighted by molar-refractivity contribution is -0.140. The Kier molecular flexibility index (Phi) is 4.79. The predicted octanol–water partition coefficient (Wildman–Crippen LogP) is 2.16. The highest BCUT2D eigenvalue weighted by Gasteiger charge is 2.34. The first-order valence-electron chi connectivity index (χ1n) is 6.35. The molecule has 1 unspecified atom stereocenters. The number of alkyl halides is 3. The standard InChI is InChI=1S/C13H14F4N2O2/c14-11-2-1-8(5-10(11)13(15,16)17)19-12(20)6-9-7-18-3-4-21-9/h1-2,5,9,18H,3-4,6-7H2,(H,19,20). The van der Waals surface area contributed by atoms with E-state index in [4.69, 9.17) is 4.74 Å². The van der Waals surface area contributed by atoms with Gasteiger partial charge in [0.25, 0.3) is 0 Å². The number of ether oxygens (including phenoxy) is 1. The van der Waals surface area contributed by atoms with Crippen LogP contribution in [0.1, 0.15) is 12.0 Å². The minimum Gasteiger partial charge on any atom is -0.375 e. The van der Waals surface area contributed by atoms with Crippen molar-refractivity contribution in [3.8, 4) is 0 Å². The van der Waals surface area contributed by atoms with E-state index < -0.39 is 23.5 Å². The highest BCUT2D eigenvalue weighted by molar-refractivity contribution is 5.91. The van der Waals surface area contributed by atoms with E-state index in [1.807, 2.05) is 0 Å². The first kappa shape index (κ1) is 15.7. The van der Waals surface area contributed by atoms with Crippen LogP contribution in [0.25, 0.3) is 0 Å². The smallest absolute Gasteiger partial charge is 0.375 e. The molecule has 4 nitrogen and oxygen atoms in total. The number of anilines is 1. The predicted molar refractivity (Wildman–Crippen MR) is 67.3 cm³/mol. The number of hydrogen-bond donors (Lipinski definition) is 2. The second-order valence-corrected chi connectivity index (χ2v) is 4.64. The topological polar surface area (TPSA) is 50.4 Å². The lowest BCUT2D eigenvalue weighted by Gasteiger charge is -2.23. The molecule has 21 heavy (non-hydrogen) atoms. The fourth-order valence-electron chi connectivity index (χ4n) is 1.99. The number of carbonyl (C=O) groups is 1. The van der Waals surface area contributed by atoms with Crippen molar-refractivity contribution in [2.45, 2.75) is 18.7 Å². The van der Waals surface area contributed by atoms with Gasteiger partial charge >= 0.3 is 6.18 Å². The summed E-state index contributed by atoms with van der Waals surface area (Å²) in [5.41, 5.74) is -1.51. The Balaban J connectivity index is 2.00. The minimum atomic E-state index is -4.80. The molecule has 1 aliphatic rings. The number of hydrogen-bond acceptors (Lipinski definition) is 3. The van der Waals surface area contributed by atoms with Gasteiger partial charge in [0.1, 0.15) is 5.82 Å². The Labute approximate surface area is 118 Å². The monoisotopic (exact) mass is 306 g/mol. The Hall–Kier alpha value is -1.67. The van der Waals surface area contributed by atoms with E-state index in [-0.39, 0.29) is 18.2 Å². The Morgan fingerprint density at radius 1 is 1.43 bits per heavy atom. The summed E-state index contributed by atoms with van der Waals surface area (Å²) in [7, 11) is 0. The molecule has 1 aromatic rings. The number of halogens is 4. The maximum absolute atomic E-state index is 13.1. The molecular formula is C13H14F4N2O2. The fourth-order valence-corrected chi connectivity index (χ4v) is 1.99. The van der Waals surface area contributed by atoms with Gasteiger partial charge in [0, 0.05) is 18.8 Å². The van der Waals surface area contributed by atoms with Gasteiger partial charge in [0.15, 0.2) is 0 Å². The zero-order chi connectivity index (χ0) is 15.5. The molecule has 116 valence electrons. The summed E-state index contributed by atoms with van der Waals surface area (Å²) < 4.78 is 56.1. The molecule has 1 aliphatic heterocycles. The van der Waals surface area contributed by atoms with Crippen LogP contribution < -0.4 is 10.6 Å². The lowest BCUT2D eigenvalue weighted by atomic mass is 10.1. The third kappa shape index (κ3) is 4.40. The molecule has 1 aromatic carbocycles. The van der Waals surface area contributed by atoms with Gasteiger partial charge in [-0.05, 0) is 18.2 Å². The van der Waals surface area contributed by atoms with Crippen LogP contribution in [0.4, 0.5) is 23.2 Å². The summed E-state index contributed by atoms with van der Waals surface area (Å²) in [6.45, 7) is 1.68. The van der Waals surface area contributed by atoms with Crippen LogP contribution in [0.2, 0.25) is 0 Å². The van der Waals surface area contributed by atoms with E-state index in [9.17, 15) is 22.4 Å². The Morgan fingerprint density at radius 2 is 2.19 bits per heavy atom. The summed E-state index contributed by atoms with van der Waals surface area (Å²) in [6, 6.07) is 2.34. The fraction of sp³-hybridized carbons (Fsp3) is 0.462. The van der Waals surface area contributed by atoms with E-state index in [0.29, 0.717) is 31.8 Å². The zero-order valence-electron chi connectivity index (χ0n) is 11.0. The maximum atomic E-state index is 13.1. The minimum absolute atomic E-state index is 0.0196. The quantitative estimate of drug-likeness (QED) is 0.842. The molecule has 1 heterocycles. The molecule has 1 amide bonds. The largest absolute Gasteiger partial charge is 0.419 e. The lowest BCUT2D eigenvalue weighted by Crippen LogP contribution is -2.40. The molecule has 0 bridgehead atoms. The van der Waals surface area contributed by atoms with Gasteiger partial charge in [0.2, 0.25) is 5.91 Å². The summed E-state index contributed by atoms with van der Waals surface area (Å²) in [4.78, 5) is 11.7. The molecule has 0 saturated carbocycles. The van der Waals surface area contributed by atoms with E-state index >= 15 is 0 Å². The second kappa shape index (κ2) is 6.40. The Bertz CT molecular complexity index is 513. The molecule has 0 aromatic heterocycles. The van der Waals surface area contributed by atoms with Gasteiger partial charge < -0.3 is 15.4 Å². The molecule has 1 saturated heterocycles. The van der Waals surface area contributed by atoms with Gasteiger partial charge in [-0.3, -0.25) is 4.79 Å². The maximum Gasteiger partial charge on any atom is 0.419 e. The van der Waals surface area contributed by atoms with Crippen LogP contribution >= 0.6 is 0 Å². The van der Waals surface area contributed by atoms with Crippen molar-refractivity contribution in [1.82, 2.24) is 5.32 Å². The number of morpholine rings is 1. The molecule has 0 aliphatic carbocycles. The molecule has 1 atom stereocenters. The van der Waals surface area contributed by atoms with E-state index in [1.165, 1.54) is 0 Å². The van der Waals surface area contributed by atoms with Crippen molar-refractivity contribution < 1.29 is 27.1 Å². The van der Waals surface area contributed by atoms with Gasteiger partial charge in [-0.1, -0.05) is 0 Å². The average Bonchev–Trinajstić information content (AvgIpc) is 2.41. The van der Waals surface area contributed by atoms with Crippen LogP contribution in [0.15, 0.2) is 18.2 Å². The van der Waals surface area contributed by atoms with Crippen molar-refractivity contribution in [2.75, 3.05) is 25.0 Å². The van der Waals surface area contributed by atoms with Crippen LogP contribution in [0.3, 0.4) is 0 Å². The van der Waals surface area contributed by atoms with Crippen molar-refractivity contribution in [3.63, 3.8) is 0 Å². The van der Waals surface area contributed by atoms with Crippen LogP contribution in [-0.4, -0.2) is 31.7 Å². The summed E-state index contributed by atoms with van der Waals surface area (Å²) in [6.07, 6.45) is -5.10. The molecular weight excluding hydrogens is 292 g/mol. The van der Waals surface area contributed by atoms with Crippen molar-refractivity contribution >= 4 is 11.6 Å². The molecule has 0 radical (unpaired) electrons. The van der Waals surface area contributed by atoms with Gasteiger partial charge in [-0.15, -0.1) is 0 Å². The Morgan fingerprint density at radius 3 is 2.81 bits per heavy atom. The number of benzene rings is 1. The third-order valence-corrected chi connectivity index (χ3v) is 2.97. The SMILES string of the molecule is O=C(CC1CNCCO1)Nc1ccc(F)c(C(F)(F)F)c1. The zero-order valence-corrected chi connectivity index (χ0v) is 11.0. The highest BCUT2D eigenvalue weighted by Crippen LogP contribution is 2.33. The van der Waals surface area contributed by atoms with E-state index in [2.05, 4.69) is 10.6 Å².